The molecule has 7 nitrogen and oxygen atoms in total. The molecule has 0 radical (unpaired) electrons. The molecular weight excluding hydrogens is 1600 g/mol. The Morgan fingerprint density at radius 1 is 0.177 bits per heavy atom. The summed E-state index contributed by atoms with van der Waals surface area (Å²) in [4.78, 5) is 20.8. The van der Waals surface area contributed by atoms with Crippen molar-refractivity contribution in [3.05, 3.63) is 479 Å². The number of benzene rings is 22. The van der Waals surface area contributed by atoms with Gasteiger partial charge in [-0.2, -0.15) is 0 Å². The number of hydrogen-bond donors (Lipinski definition) is 0. The third kappa shape index (κ3) is 13.2. The number of pyridine rings is 2. The lowest BCUT2D eigenvalue weighted by Crippen LogP contribution is -2.24. The normalized spacial score (nSPS) is 11.7. The minimum absolute atomic E-state index is 0.821. The van der Waals surface area contributed by atoms with Crippen LogP contribution in [0.5, 0.6) is 0 Å². The van der Waals surface area contributed by atoms with E-state index in [0.717, 1.165) is 143 Å². The minimum Gasteiger partial charge on any atom is -0.309 e. The van der Waals surface area contributed by atoms with Gasteiger partial charge in [0.2, 0.25) is 0 Å². The van der Waals surface area contributed by atoms with E-state index < -0.39 is 7.14 Å². The molecule has 130 heavy (non-hydrogen) atoms. The molecule has 4 heterocycles. The molecule has 0 saturated heterocycles. The summed E-state index contributed by atoms with van der Waals surface area (Å²) in [5.41, 5.74) is 22.1. The SMILES string of the molecule is O=P(c1ccccc1)(c1ccccc1)c1ccc(-c2c3ccc4ccccc4c3nc3c2ccc2ccccc23)cc1.c1ccc(-c2nc3ccccc3n2-c2ccc(-c3c4ccccc4c(-c4ccc5ccccc5c4)c4ccccc34)cc2)cc1.c1ccc(-n2c(-c3ccc(-c4c5ccc6ccccc6c5nc5c4ccc4ccccc45)cc3)nc3ccccc32)cc1. The standard InChI is InChI=1S/C43H28N2.C40H25N3.C39H26NOP/c1-2-13-31(14-3-1)43-44-39-20-10-11-21-40(39)45(43)34-26-24-30(25-27-34)41-35-16-6-8-18-37(35)42(38-19-9-7-17-36(38)41)33-23-22-29-12-4-5-15-32(29)28-33;1-2-12-30(13-3-1)43-36-17-9-8-16-35(36)41-40(43)29-20-18-28(19-21-29)37-33-24-22-26-10-4-6-14-31(26)38(33)42-39-32-15-7-5-11-27(32)23-25-34(37)39;41-42(30-13-3-1-4-14-30,31-15-5-2-6-16-31)32-23-19-29(20-24-32)37-35-25-21-27-11-7-9-17-33(27)38(35)40-39-34-18-10-8-12-28(34)22-26-36(37)39/h1-28H;1-25H;1-26H. The summed E-state index contributed by atoms with van der Waals surface area (Å²) in [5, 5.41) is 23.9. The highest BCUT2D eigenvalue weighted by Gasteiger charge is 2.31. The number of para-hydroxylation sites is 5. The number of imidazole rings is 2. The first-order valence-corrected chi connectivity index (χ1v) is 45.9. The fourth-order valence-electron chi connectivity index (χ4n) is 19.8. The van der Waals surface area contributed by atoms with Crippen LogP contribution in [0, 0.1) is 0 Å². The van der Waals surface area contributed by atoms with Gasteiger partial charge >= 0.3 is 0 Å². The van der Waals surface area contributed by atoms with Gasteiger partial charge in [-0.3, -0.25) is 9.13 Å². The van der Waals surface area contributed by atoms with E-state index in [9.17, 15) is 4.57 Å². The highest BCUT2D eigenvalue weighted by molar-refractivity contribution is 7.85. The largest absolute Gasteiger partial charge is 0.309 e. The smallest absolute Gasteiger partial charge is 0.171 e. The minimum atomic E-state index is -3.06. The van der Waals surface area contributed by atoms with E-state index in [2.05, 4.69) is 410 Å². The summed E-state index contributed by atoms with van der Waals surface area (Å²) in [6, 6.07) is 168. The van der Waals surface area contributed by atoms with Crippen molar-refractivity contribution in [3.63, 3.8) is 0 Å². The molecule has 26 aromatic rings. The van der Waals surface area contributed by atoms with Crippen LogP contribution < -0.4 is 15.9 Å². The molecule has 22 aromatic carbocycles. The molecule has 0 spiro atoms. The molecule has 0 aliphatic heterocycles. The van der Waals surface area contributed by atoms with Crippen LogP contribution in [0.1, 0.15) is 0 Å². The van der Waals surface area contributed by atoms with Gasteiger partial charge in [-0.05, 0) is 142 Å². The molecule has 0 aliphatic carbocycles. The van der Waals surface area contributed by atoms with Gasteiger partial charge in [-0.15, -0.1) is 0 Å². The molecule has 8 heteroatoms. The summed E-state index contributed by atoms with van der Waals surface area (Å²) < 4.78 is 19.5. The van der Waals surface area contributed by atoms with Gasteiger partial charge in [-0.25, -0.2) is 19.9 Å². The third-order valence-corrected chi connectivity index (χ3v) is 28.9. The van der Waals surface area contributed by atoms with Crippen LogP contribution in [-0.2, 0) is 4.57 Å². The lowest BCUT2D eigenvalue weighted by molar-refractivity contribution is 0.592. The van der Waals surface area contributed by atoms with E-state index in [1.54, 1.807) is 0 Å². The Kier molecular flexibility index (Phi) is 19.1. The van der Waals surface area contributed by atoms with Gasteiger partial charge in [-0.1, -0.05) is 425 Å². The van der Waals surface area contributed by atoms with Crippen LogP contribution in [0.15, 0.2) is 479 Å². The molecule has 0 unspecified atom stereocenters. The van der Waals surface area contributed by atoms with Crippen molar-refractivity contribution >= 4 is 164 Å². The second kappa shape index (κ2) is 32.3. The van der Waals surface area contributed by atoms with Gasteiger partial charge in [0.25, 0.3) is 0 Å². The Balaban J connectivity index is 0.000000108. The van der Waals surface area contributed by atoms with E-state index in [0.29, 0.717) is 0 Å². The summed E-state index contributed by atoms with van der Waals surface area (Å²) >= 11 is 0. The predicted octanol–water partition coefficient (Wildman–Crippen LogP) is 30.9. The lowest BCUT2D eigenvalue weighted by Gasteiger charge is -2.20. The summed E-state index contributed by atoms with van der Waals surface area (Å²) in [6.45, 7) is 0. The van der Waals surface area contributed by atoms with Gasteiger partial charge in [0.15, 0.2) is 7.14 Å². The molecule has 0 saturated carbocycles. The van der Waals surface area contributed by atoms with E-state index in [4.69, 9.17) is 19.9 Å². The first-order valence-electron chi connectivity index (χ1n) is 44.2. The van der Waals surface area contributed by atoms with Crippen molar-refractivity contribution < 1.29 is 4.57 Å². The number of nitrogens with zero attached hydrogens (tertiary/aromatic N) is 6. The number of rotatable bonds is 11. The van der Waals surface area contributed by atoms with E-state index in [1.807, 2.05) is 78.9 Å². The lowest BCUT2D eigenvalue weighted by atomic mass is 9.85. The van der Waals surface area contributed by atoms with Crippen molar-refractivity contribution in [2.75, 3.05) is 0 Å². The summed E-state index contributed by atoms with van der Waals surface area (Å²) in [7, 11) is -3.06. The average Bonchev–Trinajstić information content (AvgIpc) is 0.936. The van der Waals surface area contributed by atoms with E-state index in [-0.39, 0.29) is 0 Å². The summed E-state index contributed by atoms with van der Waals surface area (Å²) in [5.74, 6) is 1.88. The molecular formula is C122H79N6OP. The Hall–Kier alpha value is -16.8. The van der Waals surface area contributed by atoms with Gasteiger partial charge in [0.1, 0.15) is 11.6 Å². The second-order valence-electron chi connectivity index (χ2n) is 33.3. The number of aromatic nitrogens is 6. The fourth-order valence-corrected chi connectivity index (χ4v) is 22.4. The molecule has 0 aliphatic rings. The Morgan fingerprint density at radius 2 is 0.446 bits per heavy atom. The first-order chi connectivity index (χ1) is 64.4. The zero-order valence-corrected chi connectivity index (χ0v) is 71.5. The highest BCUT2D eigenvalue weighted by atomic mass is 31.2. The topological polar surface area (TPSA) is 78.5 Å². The molecule has 26 rings (SSSR count). The van der Waals surface area contributed by atoms with E-state index in [1.165, 1.54) is 92.5 Å². The van der Waals surface area contributed by atoms with E-state index >= 15 is 0 Å². The first kappa shape index (κ1) is 76.8. The molecule has 0 N–H and O–H groups in total. The maximum Gasteiger partial charge on any atom is 0.171 e. The van der Waals surface area contributed by atoms with Gasteiger partial charge < -0.3 is 4.57 Å². The van der Waals surface area contributed by atoms with Gasteiger partial charge in [0, 0.05) is 92.6 Å². The van der Waals surface area contributed by atoms with Crippen LogP contribution in [0.4, 0.5) is 0 Å². The molecule has 0 fully saturated rings. The molecule has 608 valence electrons. The van der Waals surface area contributed by atoms with Crippen LogP contribution in [0.3, 0.4) is 0 Å². The molecule has 4 aromatic heterocycles. The van der Waals surface area contributed by atoms with Gasteiger partial charge in [0.05, 0.1) is 44.1 Å². The maximum atomic E-state index is 15.0. The Morgan fingerprint density at radius 3 is 0.862 bits per heavy atom. The average molecular weight is 1680 g/mol. The summed E-state index contributed by atoms with van der Waals surface area (Å²) in [6.07, 6.45) is 0. The van der Waals surface area contributed by atoms with Crippen LogP contribution >= 0.6 is 7.14 Å². The van der Waals surface area contributed by atoms with Crippen molar-refractivity contribution in [2.45, 2.75) is 0 Å². The van der Waals surface area contributed by atoms with Crippen molar-refractivity contribution in [1.29, 1.82) is 0 Å². The van der Waals surface area contributed by atoms with Crippen LogP contribution in [-0.4, -0.2) is 29.1 Å². The van der Waals surface area contributed by atoms with Crippen molar-refractivity contribution in [2.24, 2.45) is 0 Å². The number of fused-ring (bicyclic) bond motifs is 17. The second-order valence-corrected chi connectivity index (χ2v) is 36.0. The Labute approximate surface area is 750 Å². The zero-order valence-electron chi connectivity index (χ0n) is 70.6. The van der Waals surface area contributed by atoms with Crippen LogP contribution in [0.25, 0.3) is 220 Å². The van der Waals surface area contributed by atoms with Crippen LogP contribution in [0.2, 0.25) is 0 Å². The highest BCUT2D eigenvalue weighted by Crippen LogP contribution is 2.49. The zero-order chi connectivity index (χ0) is 86.2. The molecule has 0 atom stereocenters. The quantitative estimate of drug-likeness (QED) is 0.0732. The monoisotopic (exact) mass is 1670 g/mol. The fraction of sp³-hybridized carbons (Fsp3) is 0. The molecule has 0 amide bonds. The van der Waals surface area contributed by atoms with Crippen molar-refractivity contribution in [3.8, 4) is 78.7 Å². The molecule has 0 bridgehead atoms. The maximum absolute atomic E-state index is 15.0. The predicted molar refractivity (Wildman–Crippen MR) is 549 cm³/mol. The Bertz CT molecular complexity index is 8700. The van der Waals surface area contributed by atoms with Crippen molar-refractivity contribution in [1.82, 2.24) is 29.1 Å². The third-order valence-electron chi connectivity index (χ3n) is 25.9. The number of hydrogen-bond acceptors (Lipinski definition) is 5.